The molecule has 1 aromatic rings. The average Bonchev–Trinajstić information content (AvgIpc) is 2.12. The number of aromatic nitrogens is 3. The molecule has 12 heavy (non-hydrogen) atoms. The van der Waals surface area contributed by atoms with Crippen LogP contribution in [-0.4, -0.2) is 22.0 Å². The smallest absolute Gasteiger partial charge is 0.449 e. The molecule has 0 unspecified atom stereocenters. The van der Waals surface area contributed by atoms with Gasteiger partial charge in [-0.15, -0.1) is 5.10 Å². The first-order chi connectivity index (χ1) is 4.99. The van der Waals surface area contributed by atoms with Crippen LogP contribution in [0.25, 0.3) is 0 Å². The van der Waals surface area contributed by atoms with Crippen LogP contribution in [-0.2, 0) is 13.4 Å². The molecule has 0 aliphatic heterocycles. The van der Waals surface area contributed by atoms with E-state index in [9.17, 15) is 12.9 Å². The molecule has 0 fully saturated rings. The monoisotopic (exact) mass is 203 g/mol. The van der Waals surface area contributed by atoms with E-state index in [4.69, 9.17) is 0 Å². The van der Waals surface area contributed by atoms with E-state index >= 15 is 0 Å². The standard InChI is InChI=1S/C4H6BF3N3.K/c1-11-4(3-9-10-11)2-5(6,7)8;/h3H,2H2,1H3;/q-1;+1. The van der Waals surface area contributed by atoms with Crippen molar-refractivity contribution < 1.29 is 64.3 Å². The summed E-state index contributed by atoms with van der Waals surface area (Å²) < 4.78 is 36.5. The predicted molar refractivity (Wildman–Crippen MR) is 33.8 cm³/mol. The van der Waals surface area contributed by atoms with Crippen molar-refractivity contribution in [2.24, 2.45) is 7.05 Å². The molecule has 0 saturated carbocycles. The van der Waals surface area contributed by atoms with E-state index in [-0.39, 0.29) is 57.1 Å². The van der Waals surface area contributed by atoms with E-state index in [2.05, 4.69) is 10.3 Å². The molecule has 0 N–H and O–H groups in total. The van der Waals surface area contributed by atoms with Gasteiger partial charge in [0.05, 0.1) is 6.20 Å². The second kappa shape index (κ2) is 4.75. The summed E-state index contributed by atoms with van der Waals surface area (Å²) >= 11 is 0. The van der Waals surface area contributed by atoms with Gasteiger partial charge in [-0.3, -0.25) is 4.68 Å². The van der Waals surface area contributed by atoms with Crippen molar-refractivity contribution in [3.63, 3.8) is 0 Å². The molecule has 0 bridgehead atoms. The third kappa shape index (κ3) is 4.04. The van der Waals surface area contributed by atoms with Crippen molar-refractivity contribution >= 4 is 6.98 Å². The quantitative estimate of drug-likeness (QED) is 0.508. The molecule has 0 radical (unpaired) electrons. The van der Waals surface area contributed by atoms with Gasteiger partial charge < -0.3 is 12.9 Å². The maximum absolute atomic E-state index is 11.8. The molecular formula is C4H6BF3KN3. The third-order valence-corrected chi connectivity index (χ3v) is 1.25. The van der Waals surface area contributed by atoms with Crippen LogP contribution < -0.4 is 51.4 Å². The summed E-state index contributed by atoms with van der Waals surface area (Å²) in [6, 6.07) is 0. The van der Waals surface area contributed by atoms with Gasteiger partial charge in [-0.25, -0.2) is 0 Å². The Labute approximate surface area is 110 Å². The van der Waals surface area contributed by atoms with E-state index in [1.54, 1.807) is 0 Å². The van der Waals surface area contributed by atoms with Crippen LogP contribution in [0.15, 0.2) is 6.20 Å². The average molecular weight is 203 g/mol. The minimum absolute atomic E-state index is 0. The second-order valence-corrected chi connectivity index (χ2v) is 2.26. The molecule has 1 heterocycles. The Bertz CT molecular complexity index is 248. The number of hydrogen-bond donors (Lipinski definition) is 0. The van der Waals surface area contributed by atoms with Crippen molar-refractivity contribution in [2.75, 3.05) is 0 Å². The topological polar surface area (TPSA) is 30.7 Å². The summed E-state index contributed by atoms with van der Waals surface area (Å²) in [4.78, 5) is 0. The number of halogens is 3. The van der Waals surface area contributed by atoms with Crippen molar-refractivity contribution in [2.45, 2.75) is 6.32 Å². The molecule has 1 rings (SSSR count). The first-order valence-corrected chi connectivity index (χ1v) is 3.03. The minimum atomic E-state index is -4.77. The summed E-state index contributed by atoms with van der Waals surface area (Å²) in [6.45, 7) is -4.77. The maximum Gasteiger partial charge on any atom is 1.00 e. The fourth-order valence-corrected chi connectivity index (χ4v) is 0.733. The zero-order chi connectivity index (χ0) is 8.48. The molecule has 0 atom stereocenters. The van der Waals surface area contributed by atoms with E-state index in [1.807, 2.05) is 0 Å². The van der Waals surface area contributed by atoms with Gasteiger partial charge in [0.15, 0.2) is 0 Å². The molecule has 8 heteroatoms. The summed E-state index contributed by atoms with van der Waals surface area (Å²) in [5.41, 5.74) is 0.0949. The first kappa shape index (κ1) is 12.6. The molecule has 0 saturated heterocycles. The molecule has 0 spiro atoms. The Balaban J connectivity index is 0.00000121. The van der Waals surface area contributed by atoms with Crippen molar-refractivity contribution in [1.29, 1.82) is 0 Å². The molecule has 0 amide bonds. The summed E-state index contributed by atoms with van der Waals surface area (Å²) in [6.07, 6.45) is 0.207. The molecular weight excluding hydrogens is 197 g/mol. The van der Waals surface area contributed by atoms with Gasteiger partial charge in [-0.1, -0.05) is 5.21 Å². The van der Waals surface area contributed by atoms with Crippen LogP contribution in [0.4, 0.5) is 12.9 Å². The van der Waals surface area contributed by atoms with Crippen LogP contribution >= 0.6 is 0 Å². The SMILES string of the molecule is Cn1nncc1C[B-](F)(F)F.[K+]. The molecule has 0 aromatic carbocycles. The van der Waals surface area contributed by atoms with Gasteiger partial charge in [0.1, 0.15) is 0 Å². The van der Waals surface area contributed by atoms with E-state index in [1.165, 1.54) is 7.05 Å². The van der Waals surface area contributed by atoms with Gasteiger partial charge in [-0.05, 0) is 6.32 Å². The van der Waals surface area contributed by atoms with Gasteiger partial charge in [-0.2, -0.15) is 0 Å². The van der Waals surface area contributed by atoms with Crippen molar-refractivity contribution in [1.82, 2.24) is 15.0 Å². The van der Waals surface area contributed by atoms with Gasteiger partial charge in [0, 0.05) is 12.7 Å². The normalized spacial score (nSPS) is 11.0. The Morgan fingerprint density at radius 1 is 1.50 bits per heavy atom. The van der Waals surface area contributed by atoms with E-state index in [0.717, 1.165) is 10.9 Å². The fourth-order valence-electron chi connectivity index (χ4n) is 0.733. The van der Waals surface area contributed by atoms with Gasteiger partial charge in [0.2, 0.25) is 0 Å². The fraction of sp³-hybridized carbons (Fsp3) is 0.500. The van der Waals surface area contributed by atoms with Crippen LogP contribution in [0, 0.1) is 0 Å². The van der Waals surface area contributed by atoms with Crippen LogP contribution in [0.2, 0.25) is 0 Å². The summed E-state index contributed by atoms with van der Waals surface area (Å²) in [5, 5.41) is 6.71. The molecule has 62 valence electrons. The Morgan fingerprint density at radius 2 is 2.08 bits per heavy atom. The Hall–Kier alpha value is 0.631. The van der Waals surface area contributed by atoms with Crippen LogP contribution in [0.5, 0.6) is 0 Å². The minimum Gasteiger partial charge on any atom is -0.449 e. The van der Waals surface area contributed by atoms with Crippen LogP contribution in [0.3, 0.4) is 0 Å². The van der Waals surface area contributed by atoms with E-state index < -0.39 is 13.3 Å². The van der Waals surface area contributed by atoms with Gasteiger partial charge in [0.25, 0.3) is 0 Å². The van der Waals surface area contributed by atoms with Crippen LogP contribution in [0.1, 0.15) is 5.69 Å². The van der Waals surface area contributed by atoms with Crippen molar-refractivity contribution in [3.05, 3.63) is 11.9 Å². The molecule has 3 nitrogen and oxygen atoms in total. The number of hydrogen-bond acceptors (Lipinski definition) is 2. The number of nitrogens with zero attached hydrogens (tertiary/aromatic N) is 3. The molecule has 1 aromatic heterocycles. The largest absolute Gasteiger partial charge is 1.00 e. The molecule has 0 aliphatic carbocycles. The molecule has 0 aliphatic rings. The van der Waals surface area contributed by atoms with Crippen molar-refractivity contribution in [3.8, 4) is 0 Å². The Morgan fingerprint density at radius 3 is 2.42 bits per heavy atom. The number of rotatable bonds is 2. The zero-order valence-electron chi connectivity index (χ0n) is 6.84. The predicted octanol–water partition coefficient (Wildman–Crippen LogP) is -2.25. The number of aryl methyl sites for hydroxylation is 1. The first-order valence-electron chi connectivity index (χ1n) is 3.03. The third-order valence-electron chi connectivity index (χ3n) is 1.25. The summed E-state index contributed by atoms with van der Waals surface area (Å²) in [5.74, 6) is 0. The summed E-state index contributed by atoms with van der Waals surface area (Å²) in [7, 11) is 1.43. The zero-order valence-corrected chi connectivity index (χ0v) is 9.96. The maximum atomic E-state index is 11.8. The second-order valence-electron chi connectivity index (χ2n) is 2.26. The van der Waals surface area contributed by atoms with Gasteiger partial charge >= 0.3 is 58.4 Å². The Kier molecular flexibility index (Phi) is 5.00. The van der Waals surface area contributed by atoms with E-state index in [0.29, 0.717) is 0 Å².